The fraction of sp³-hybridized carbons (Fsp3) is 0.286. The van der Waals surface area contributed by atoms with Gasteiger partial charge in [0.15, 0.2) is 0 Å². The largest absolute Gasteiger partial charge is 0.338 e. The highest BCUT2D eigenvalue weighted by atomic mass is 16.2. The van der Waals surface area contributed by atoms with E-state index in [9.17, 15) is 4.79 Å². The van der Waals surface area contributed by atoms with Gasteiger partial charge in [0.1, 0.15) is 0 Å². The van der Waals surface area contributed by atoms with Crippen LogP contribution in [0.3, 0.4) is 0 Å². The standard InChI is InChI=1S/C21H23N3O/c1-15-18(22)13-17-9-5-10-19(23-12-6-11-20(23)25)21(17)24(15)14-16-7-3-2-4-8-16/h2-5,7-10,18H,1,6,11-14,22H2. The van der Waals surface area contributed by atoms with E-state index in [0.29, 0.717) is 13.0 Å². The third-order valence-electron chi connectivity index (χ3n) is 5.13. The monoisotopic (exact) mass is 333 g/mol. The predicted octanol–water partition coefficient (Wildman–Crippen LogP) is 3.22. The Morgan fingerprint density at radius 1 is 1.12 bits per heavy atom. The van der Waals surface area contributed by atoms with Gasteiger partial charge in [-0.25, -0.2) is 0 Å². The molecule has 2 N–H and O–H groups in total. The first-order chi connectivity index (χ1) is 12.1. The summed E-state index contributed by atoms with van der Waals surface area (Å²) in [5.41, 5.74) is 11.7. The average Bonchev–Trinajstić information content (AvgIpc) is 3.05. The molecule has 4 nitrogen and oxygen atoms in total. The first-order valence-corrected chi connectivity index (χ1v) is 8.83. The van der Waals surface area contributed by atoms with Crippen LogP contribution in [0.15, 0.2) is 60.8 Å². The lowest BCUT2D eigenvalue weighted by molar-refractivity contribution is -0.117. The van der Waals surface area contributed by atoms with Crippen LogP contribution in [0.5, 0.6) is 0 Å². The molecule has 0 saturated carbocycles. The van der Waals surface area contributed by atoms with E-state index in [4.69, 9.17) is 5.73 Å². The minimum atomic E-state index is -0.0965. The minimum absolute atomic E-state index is 0.0965. The molecule has 1 fully saturated rings. The summed E-state index contributed by atoms with van der Waals surface area (Å²) in [6.07, 6.45) is 2.31. The number of anilines is 2. The van der Waals surface area contributed by atoms with Gasteiger partial charge in [-0.15, -0.1) is 0 Å². The molecule has 1 amide bonds. The Morgan fingerprint density at radius 2 is 1.92 bits per heavy atom. The van der Waals surface area contributed by atoms with Crippen molar-refractivity contribution in [3.05, 3.63) is 71.9 Å². The number of fused-ring (bicyclic) bond motifs is 1. The molecule has 1 unspecified atom stereocenters. The second kappa shape index (κ2) is 6.37. The van der Waals surface area contributed by atoms with Crippen LogP contribution in [-0.2, 0) is 17.8 Å². The fourth-order valence-corrected chi connectivity index (χ4v) is 3.82. The van der Waals surface area contributed by atoms with Crippen molar-refractivity contribution >= 4 is 17.3 Å². The van der Waals surface area contributed by atoms with Gasteiger partial charge in [-0.05, 0) is 30.0 Å². The molecule has 2 aliphatic rings. The summed E-state index contributed by atoms with van der Waals surface area (Å²) in [7, 11) is 0. The van der Waals surface area contributed by atoms with Crippen molar-refractivity contribution in [2.75, 3.05) is 16.3 Å². The van der Waals surface area contributed by atoms with Gasteiger partial charge in [0.05, 0.1) is 11.4 Å². The molecule has 2 aromatic rings. The second-order valence-electron chi connectivity index (χ2n) is 6.81. The minimum Gasteiger partial charge on any atom is -0.338 e. The SMILES string of the molecule is C=C1C(N)Cc2cccc(N3CCCC3=O)c2N1Cc1ccccc1. The molecule has 4 heteroatoms. The van der Waals surface area contributed by atoms with E-state index in [0.717, 1.165) is 36.5 Å². The maximum atomic E-state index is 12.3. The molecule has 2 heterocycles. The molecule has 0 aliphatic carbocycles. The zero-order valence-corrected chi connectivity index (χ0v) is 14.3. The molecule has 0 aromatic heterocycles. The van der Waals surface area contributed by atoms with Gasteiger partial charge in [-0.3, -0.25) is 4.79 Å². The summed E-state index contributed by atoms with van der Waals surface area (Å²) in [5, 5.41) is 0. The predicted molar refractivity (Wildman–Crippen MR) is 101 cm³/mol. The Hall–Kier alpha value is -2.59. The van der Waals surface area contributed by atoms with Crippen LogP contribution in [0.2, 0.25) is 0 Å². The van der Waals surface area contributed by atoms with Crippen molar-refractivity contribution in [3.63, 3.8) is 0 Å². The lowest BCUT2D eigenvalue weighted by atomic mass is 9.94. The Labute approximate surface area is 148 Å². The van der Waals surface area contributed by atoms with Crippen molar-refractivity contribution in [3.8, 4) is 0 Å². The van der Waals surface area contributed by atoms with E-state index in [1.807, 2.05) is 35.2 Å². The highest BCUT2D eigenvalue weighted by molar-refractivity contribution is 5.99. The van der Waals surface area contributed by atoms with Gasteiger partial charge in [0.2, 0.25) is 5.91 Å². The average molecular weight is 333 g/mol. The van der Waals surface area contributed by atoms with E-state index in [1.165, 1.54) is 11.1 Å². The molecular weight excluding hydrogens is 310 g/mol. The van der Waals surface area contributed by atoms with E-state index in [2.05, 4.69) is 29.7 Å². The molecular formula is C21H23N3O. The summed E-state index contributed by atoms with van der Waals surface area (Å²) in [6.45, 7) is 5.75. The molecule has 0 radical (unpaired) electrons. The molecule has 4 rings (SSSR count). The summed E-state index contributed by atoms with van der Waals surface area (Å²) in [4.78, 5) is 16.4. The molecule has 2 aromatic carbocycles. The van der Waals surface area contributed by atoms with Gasteiger partial charge < -0.3 is 15.5 Å². The van der Waals surface area contributed by atoms with Gasteiger partial charge in [-0.1, -0.05) is 49.0 Å². The highest BCUT2D eigenvalue weighted by Gasteiger charge is 2.32. The Bertz CT molecular complexity index is 815. The third kappa shape index (κ3) is 2.83. The molecule has 2 aliphatic heterocycles. The number of carbonyl (C=O) groups excluding carboxylic acids is 1. The summed E-state index contributed by atoms with van der Waals surface area (Å²) in [6, 6.07) is 16.4. The number of rotatable bonds is 3. The topological polar surface area (TPSA) is 49.6 Å². The van der Waals surface area contributed by atoms with Crippen LogP contribution in [0.4, 0.5) is 11.4 Å². The van der Waals surface area contributed by atoms with Gasteiger partial charge in [0, 0.05) is 31.2 Å². The van der Waals surface area contributed by atoms with Gasteiger partial charge in [-0.2, -0.15) is 0 Å². The number of nitrogens with zero attached hydrogens (tertiary/aromatic N) is 2. The van der Waals surface area contributed by atoms with Crippen LogP contribution in [0.1, 0.15) is 24.0 Å². The maximum Gasteiger partial charge on any atom is 0.227 e. The smallest absolute Gasteiger partial charge is 0.227 e. The highest BCUT2D eigenvalue weighted by Crippen LogP contribution is 2.41. The number of hydrogen-bond donors (Lipinski definition) is 1. The van der Waals surface area contributed by atoms with Crippen LogP contribution < -0.4 is 15.5 Å². The van der Waals surface area contributed by atoms with Crippen molar-refractivity contribution < 1.29 is 4.79 Å². The van der Waals surface area contributed by atoms with Crippen LogP contribution in [0, 0.1) is 0 Å². The Balaban J connectivity index is 1.80. The molecule has 25 heavy (non-hydrogen) atoms. The Kier molecular flexibility index (Phi) is 4.06. The molecule has 128 valence electrons. The first kappa shape index (κ1) is 15.9. The zero-order chi connectivity index (χ0) is 17.4. The van der Waals surface area contributed by atoms with Crippen molar-refractivity contribution in [1.29, 1.82) is 0 Å². The van der Waals surface area contributed by atoms with Crippen LogP contribution >= 0.6 is 0 Å². The molecule has 1 atom stereocenters. The van der Waals surface area contributed by atoms with E-state index >= 15 is 0 Å². The number of carbonyl (C=O) groups is 1. The number of hydrogen-bond acceptors (Lipinski definition) is 3. The van der Waals surface area contributed by atoms with E-state index in [-0.39, 0.29) is 11.9 Å². The number of benzene rings is 2. The van der Waals surface area contributed by atoms with Crippen molar-refractivity contribution in [2.45, 2.75) is 31.8 Å². The molecule has 1 saturated heterocycles. The first-order valence-electron chi connectivity index (χ1n) is 8.83. The summed E-state index contributed by atoms with van der Waals surface area (Å²) >= 11 is 0. The lowest BCUT2D eigenvalue weighted by Crippen LogP contribution is -2.41. The quantitative estimate of drug-likeness (QED) is 0.938. The van der Waals surface area contributed by atoms with Gasteiger partial charge >= 0.3 is 0 Å². The molecule has 0 spiro atoms. The number of amides is 1. The third-order valence-corrected chi connectivity index (χ3v) is 5.13. The van der Waals surface area contributed by atoms with Crippen molar-refractivity contribution in [1.82, 2.24) is 0 Å². The van der Waals surface area contributed by atoms with Crippen LogP contribution in [-0.4, -0.2) is 18.5 Å². The maximum absolute atomic E-state index is 12.3. The van der Waals surface area contributed by atoms with E-state index in [1.54, 1.807) is 0 Å². The van der Waals surface area contributed by atoms with E-state index < -0.39 is 0 Å². The molecule has 0 bridgehead atoms. The number of para-hydroxylation sites is 1. The lowest BCUT2D eigenvalue weighted by Gasteiger charge is -2.39. The summed E-state index contributed by atoms with van der Waals surface area (Å²) in [5.74, 6) is 0.202. The Morgan fingerprint density at radius 3 is 2.64 bits per heavy atom. The summed E-state index contributed by atoms with van der Waals surface area (Å²) < 4.78 is 0. The second-order valence-corrected chi connectivity index (χ2v) is 6.81. The number of nitrogens with two attached hydrogens (primary N) is 1. The normalized spacial score (nSPS) is 20.1. The fourth-order valence-electron chi connectivity index (χ4n) is 3.82. The van der Waals surface area contributed by atoms with Crippen molar-refractivity contribution in [2.24, 2.45) is 5.73 Å². The zero-order valence-electron chi connectivity index (χ0n) is 14.3. The van der Waals surface area contributed by atoms with Crippen LogP contribution in [0.25, 0.3) is 0 Å². The van der Waals surface area contributed by atoms with Gasteiger partial charge in [0.25, 0.3) is 0 Å².